The number of rotatable bonds is 6. The first-order chi connectivity index (χ1) is 12.7. The molecule has 1 aliphatic heterocycles. The fraction of sp³-hybridized carbons (Fsp3) is 0.263. The summed E-state index contributed by atoms with van der Waals surface area (Å²) in [6.45, 7) is 3.07. The summed E-state index contributed by atoms with van der Waals surface area (Å²) < 4.78 is 23.4. The molecule has 1 heterocycles. The summed E-state index contributed by atoms with van der Waals surface area (Å²) in [5, 5.41) is 3.91. The summed E-state index contributed by atoms with van der Waals surface area (Å²) in [6, 6.07) is 13.4. The molecule has 0 spiro atoms. The third-order valence-corrected chi connectivity index (χ3v) is 3.86. The van der Waals surface area contributed by atoms with Crippen LogP contribution in [-0.4, -0.2) is 45.0 Å². The molecular formula is C19H20FN3O3. The number of morpholine rings is 1. The van der Waals surface area contributed by atoms with Crippen LogP contribution in [0.2, 0.25) is 0 Å². The van der Waals surface area contributed by atoms with E-state index >= 15 is 0 Å². The van der Waals surface area contributed by atoms with E-state index in [0.29, 0.717) is 5.75 Å². The van der Waals surface area contributed by atoms with E-state index in [1.165, 1.54) is 24.3 Å². The number of halogens is 1. The van der Waals surface area contributed by atoms with Crippen molar-refractivity contribution in [3.05, 3.63) is 59.9 Å². The quantitative estimate of drug-likeness (QED) is 0.636. The zero-order valence-corrected chi connectivity index (χ0v) is 14.2. The van der Waals surface area contributed by atoms with Crippen molar-refractivity contribution < 1.29 is 18.7 Å². The fourth-order valence-corrected chi connectivity index (χ4v) is 2.48. The Balaban J connectivity index is 1.44. The Kier molecular flexibility index (Phi) is 6.16. The predicted molar refractivity (Wildman–Crippen MR) is 97.1 cm³/mol. The number of anilines is 1. The van der Waals surface area contributed by atoms with Gasteiger partial charge in [-0.3, -0.25) is 4.79 Å². The van der Waals surface area contributed by atoms with Crippen LogP contribution in [0.3, 0.4) is 0 Å². The van der Waals surface area contributed by atoms with Crippen molar-refractivity contribution in [1.29, 1.82) is 0 Å². The van der Waals surface area contributed by atoms with Gasteiger partial charge in [0.2, 0.25) is 0 Å². The number of benzene rings is 2. The van der Waals surface area contributed by atoms with E-state index in [1.807, 2.05) is 24.3 Å². The Labute approximate surface area is 151 Å². The van der Waals surface area contributed by atoms with Gasteiger partial charge in [0.15, 0.2) is 6.61 Å². The summed E-state index contributed by atoms with van der Waals surface area (Å²) in [4.78, 5) is 14.0. The van der Waals surface area contributed by atoms with Crippen LogP contribution in [-0.2, 0) is 9.53 Å². The van der Waals surface area contributed by atoms with E-state index in [4.69, 9.17) is 9.47 Å². The zero-order valence-electron chi connectivity index (χ0n) is 14.2. The van der Waals surface area contributed by atoms with Crippen molar-refractivity contribution in [3.63, 3.8) is 0 Å². The number of hydrogen-bond acceptors (Lipinski definition) is 5. The minimum absolute atomic E-state index is 0.195. The van der Waals surface area contributed by atoms with Crippen molar-refractivity contribution in [3.8, 4) is 5.75 Å². The van der Waals surface area contributed by atoms with Crippen LogP contribution in [0.15, 0.2) is 53.6 Å². The minimum Gasteiger partial charge on any atom is -0.484 e. The van der Waals surface area contributed by atoms with Gasteiger partial charge in [-0.1, -0.05) is 12.1 Å². The number of nitrogens with one attached hydrogen (secondary N) is 1. The maximum Gasteiger partial charge on any atom is 0.277 e. The van der Waals surface area contributed by atoms with Crippen molar-refractivity contribution in [2.75, 3.05) is 37.8 Å². The molecular weight excluding hydrogens is 337 g/mol. The maximum atomic E-state index is 12.8. The Morgan fingerprint density at radius 2 is 1.85 bits per heavy atom. The molecule has 0 aromatic heterocycles. The van der Waals surface area contributed by atoms with Crippen molar-refractivity contribution in [1.82, 2.24) is 5.43 Å². The highest BCUT2D eigenvalue weighted by molar-refractivity contribution is 5.83. The van der Waals surface area contributed by atoms with E-state index < -0.39 is 5.91 Å². The Bertz CT molecular complexity index is 742. The van der Waals surface area contributed by atoms with Crippen LogP contribution in [0, 0.1) is 5.82 Å². The largest absolute Gasteiger partial charge is 0.484 e. The fourth-order valence-electron chi connectivity index (χ4n) is 2.48. The molecule has 2 aromatic rings. The molecule has 1 amide bonds. The topological polar surface area (TPSA) is 63.2 Å². The molecule has 1 N–H and O–H groups in total. The minimum atomic E-state index is -0.393. The second-order valence-electron chi connectivity index (χ2n) is 5.73. The van der Waals surface area contributed by atoms with Crippen LogP contribution in [0.25, 0.3) is 0 Å². The lowest BCUT2D eigenvalue weighted by molar-refractivity contribution is -0.123. The number of hydrazone groups is 1. The lowest BCUT2D eigenvalue weighted by atomic mass is 10.2. The number of carbonyl (C=O) groups is 1. The van der Waals surface area contributed by atoms with Gasteiger partial charge in [0.25, 0.3) is 5.91 Å². The highest BCUT2D eigenvalue weighted by Crippen LogP contribution is 2.16. The molecule has 0 unspecified atom stereocenters. The van der Waals surface area contributed by atoms with Crippen molar-refractivity contribution in [2.45, 2.75) is 0 Å². The van der Waals surface area contributed by atoms with Gasteiger partial charge in [-0.2, -0.15) is 5.10 Å². The van der Waals surface area contributed by atoms with Crippen LogP contribution >= 0.6 is 0 Å². The van der Waals surface area contributed by atoms with E-state index in [0.717, 1.165) is 37.6 Å². The molecule has 1 fully saturated rings. The number of ether oxygens (including phenoxy) is 2. The number of nitrogens with zero attached hydrogens (tertiary/aromatic N) is 2. The predicted octanol–water partition coefficient (Wildman–Crippen LogP) is 2.19. The molecule has 7 heteroatoms. The molecule has 1 aliphatic rings. The molecule has 6 nitrogen and oxygen atoms in total. The van der Waals surface area contributed by atoms with E-state index in [9.17, 15) is 9.18 Å². The van der Waals surface area contributed by atoms with Gasteiger partial charge in [0.05, 0.1) is 19.4 Å². The highest BCUT2D eigenvalue weighted by Gasteiger charge is 2.10. The van der Waals surface area contributed by atoms with Crippen LogP contribution in [0.4, 0.5) is 10.1 Å². The van der Waals surface area contributed by atoms with E-state index in [-0.39, 0.29) is 12.4 Å². The first kappa shape index (κ1) is 17.9. The van der Waals surface area contributed by atoms with Crippen molar-refractivity contribution >= 4 is 17.8 Å². The molecule has 0 atom stereocenters. The molecule has 136 valence electrons. The SMILES string of the molecule is O=C(COc1ccc(F)cc1)N/N=C/c1ccc(N2CCOCC2)cc1. The number of amides is 1. The maximum absolute atomic E-state index is 12.8. The Morgan fingerprint density at radius 1 is 1.15 bits per heavy atom. The van der Waals surface area contributed by atoms with E-state index in [1.54, 1.807) is 6.21 Å². The second kappa shape index (κ2) is 8.96. The standard InChI is InChI=1S/C19H20FN3O3/c20-16-3-7-18(8-4-16)26-14-19(24)22-21-13-15-1-5-17(6-2-15)23-9-11-25-12-10-23/h1-8,13H,9-12,14H2,(H,22,24)/b21-13+. The first-order valence-electron chi connectivity index (χ1n) is 8.34. The van der Waals surface area contributed by atoms with Gasteiger partial charge in [-0.15, -0.1) is 0 Å². The lowest BCUT2D eigenvalue weighted by Gasteiger charge is -2.28. The normalized spacial score (nSPS) is 14.4. The van der Waals surface area contributed by atoms with E-state index in [2.05, 4.69) is 15.4 Å². The van der Waals surface area contributed by atoms with Gasteiger partial charge in [0, 0.05) is 18.8 Å². The molecule has 0 saturated carbocycles. The van der Waals surface area contributed by atoms with Crippen LogP contribution < -0.4 is 15.1 Å². The smallest absolute Gasteiger partial charge is 0.277 e. The molecule has 3 rings (SSSR count). The van der Waals surface area contributed by atoms with Gasteiger partial charge >= 0.3 is 0 Å². The van der Waals surface area contributed by atoms with Crippen LogP contribution in [0.5, 0.6) is 5.75 Å². The van der Waals surface area contributed by atoms with Gasteiger partial charge in [-0.05, 0) is 42.0 Å². The Hall–Kier alpha value is -2.93. The molecule has 26 heavy (non-hydrogen) atoms. The summed E-state index contributed by atoms with van der Waals surface area (Å²) in [6.07, 6.45) is 1.57. The third-order valence-electron chi connectivity index (χ3n) is 3.86. The summed E-state index contributed by atoms with van der Waals surface area (Å²) >= 11 is 0. The Morgan fingerprint density at radius 3 is 2.54 bits per heavy atom. The highest BCUT2D eigenvalue weighted by atomic mass is 19.1. The molecule has 0 radical (unpaired) electrons. The first-order valence-corrected chi connectivity index (χ1v) is 8.34. The molecule has 0 aliphatic carbocycles. The number of hydrogen-bond donors (Lipinski definition) is 1. The average Bonchev–Trinajstić information content (AvgIpc) is 2.69. The molecule has 1 saturated heterocycles. The summed E-state index contributed by atoms with van der Waals surface area (Å²) in [5.41, 5.74) is 4.41. The van der Waals surface area contributed by atoms with Crippen molar-refractivity contribution in [2.24, 2.45) is 5.10 Å². The van der Waals surface area contributed by atoms with Gasteiger partial charge in [0.1, 0.15) is 11.6 Å². The monoisotopic (exact) mass is 357 g/mol. The summed E-state index contributed by atoms with van der Waals surface area (Å²) in [5.74, 6) is -0.328. The average molecular weight is 357 g/mol. The second-order valence-corrected chi connectivity index (χ2v) is 5.73. The third kappa shape index (κ3) is 5.29. The zero-order chi connectivity index (χ0) is 18.2. The van der Waals surface area contributed by atoms with Gasteiger partial charge < -0.3 is 14.4 Å². The number of carbonyl (C=O) groups excluding carboxylic acids is 1. The molecule has 0 bridgehead atoms. The molecule has 2 aromatic carbocycles. The van der Waals surface area contributed by atoms with Crippen LogP contribution in [0.1, 0.15) is 5.56 Å². The lowest BCUT2D eigenvalue weighted by Crippen LogP contribution is -2.36. The van der Waals surface area contributed by atoms with Gasteiger partial charge in [-0.25, -0.2) is 9.82 Å². The summed E-state index contributed by atoms with van der Waals surface area (Å²) in [7, 11) is 0.